The van der Waals surface area contributed by atoms with Crippen LogP contribution in [0, 0.1) is 17.5 Å². The molecular formula is C19H15F3S. The fourth-order valence-electron chi connectivity index (χ4n) is 2.57. The van der Waals surface area contributed by atoms with Crippen LogP contribution >= 0.6 is 10.0 Å². The summed E-state index contributed by atoms with van der Waals surface area (Å²) in [4.78, 5) is 2.15. The smallest absolute Gasteiger partial charge is 0.124 e. The fraction of sp³-hybridized carbons (Fsp3) is 0.0526. The first kappa shape index (κ1) is 15.7. The highest BCUT2D eigenvalue weighted by molar-refractivity contribution is 8.33. The van der Waals surface area contributed by atoms with Gasteiger partial charge in [-0.1, -0.05) is 18.2 Å². The van der Waals surface area contributed by atoms with Crippen LogP contribution in [0.25, 0.3) is 0 Å². The first-order valence-electron chi connectivity index (χ1n) is 7.05. The van der Waals surface area contributed by atoms with Gasteiger partial charge in [0.25, 0.3) is 0 Å². The van der Waals surface area contributed by atoms with Crippen LogP contribution in [0.5, 0.6) is 0 Å². The van der Waals surface area contributed by atoms with Gasteiger partial charge in [0, 0.05) is 14.7 Å². The average Bonchev–Trinajstić information content (AvgIpc) is 2.54. The molecule has 3 aromatic rings. The summed E-state index contributed by atoms with van der Waals surface area (Å²) in [5.74, 6) is -1.10. The van der Waals surface area contributed by atoms with Crippen LogP contribution in [0.2, 0.25) is 0 Å². The Hall–Kier alpha value is -2.20. The van der Waals surface area contributed by atoms with Crippen molar-refractivity contribution in [1.29, 1.82) is 0 Å². The molecule has 0 aliphatic heterocycles. The van der Waals surface area contributed by atoms with Gasteiger partial charge in [-0.25, -0.2) is 13.2 Å². The summed E-state index contributed by atoms with van der Waals surface area (Å²) in [5, 5.41) is 0. The van der Waals surface area contributed by atoms with Gasteiger partial charge in [0.2, 0.25) is 0 Å². The molecule has 0 unspecified atom stereocenters. The van der Waals surface area contributed by atoms with Crippen molar-refractivity contribution >= 4 is 10.0 Å². The molecule has 0 amide bonds. The zero-order chi connectivity index (χ0) is 16.4. The van der Waals surface area contributed by atoms with E-state index in [1.807, 2.05) is 6.26 Å². The van der Waals surface area contributed by atoms with Gasteiger partial charge in [-0.05, 0) is 60.9 Å². The van der Waals surface area contributed by atoms with E-state index < -0.39 is 10.0 Å². The van der Waals surface area contributed by atoms with Gasteiger partial charge in [0.15, 0.2) is 0 Å². The molecule has 0 aliphatic carbocycles. The van der Waals surface area contributed by atoms with Crippen molar-refractivity contribution in [2.75, 3.05) is 6.26 Å². The van der Waals surface area contributed by atoms with E-state index in [0.717, 1.165) is 0 Å². The SMILES string of the molecule is CS(c1cccc(F)c1)(c1cccc(F)c1)c1cccc(F)c1. The molecule has 118 valence electrons. The molecule has 0 bridgehead atoms. The molecule has 0 saturated carbocycles. The van der Waals surface area contributed by atoms with Crippen molar-refractivity contribution in [3.8, 4) is 0 Å². The van der Waals surface area contributed by atoms with Crippen molar-refractivity contribution in [2.45, 2.75) is 14.7 Å². The number of rotatable bonds is 3. The fourth-order valence-corrected chi connectivity index (χ4v) is 5.48. The summed E-state index contributed by atoms with van der Waals surface area (Å²) in [6.07, 6.45) is 1.92. The summed E-state index contributed by atoms with van der Waals surface area (Å²) < 4.78 is 41.3. The number of benzene rings is 3. The van der Waals surface area contributed by atoms with E-state index in [0.29, 0.717) is 14.7 Å². The Morgan fingerprint density at radius 3 is 1.13 bits per heavy atom. The molecule has 0 fully saturated rings. The van der Waals surface area contributed by atoms with Crippen LogP contribution in [0.1, 0.15) is 0 Å². The Bertz CT molecular complexity index is 734. The molecule has 23 heavy (non-hydrogen) atoms. The van der Waals surface area contributed by atoms with E-state index in [-0.39, 0.29) is 17.5 Å². The lowest BCUT2D eigenvalue weighted by molar-refractivity contribution is 0.622. The van der Waals surface area contributed by atoms with Crippen LogP contribution < -0.4 is 0 Å². The lowest BCUT2D eigenvalue weighted by atomic mass is 10.3. The number of hydrogen-bond donors (Lipinski definition) is 0. The van der Waals surface area contributed by atoms with Crippen LogP contribution in [0.15, 0.2) is 87.5 Å². The topological polar surface area (TPSA) is 0 Å². The molecule has 0 spiro atoms. The average molecular weight is 332 g/mol. The minimum atomic E-state index is -1.96. The monoisotopic (exact) mass is 332 g/mol. The quantitative estimate of drug-likeness (QED) is 0.550. The second-order valence-corrected chi connectivity index (χ2v) is 8.54. The lowest BCUT2D eigenvalue weighted by Gasteiger charge is -2.37. The van der Waals surface area contributed by atoms with Crippen molar-refractivity contribution in [3.05, 3.63) is 90.2 Å². The third kappa shape index (κ3) is 2.99. The third-order valence-corrected chi connectivity index (χ3v) is 7.39. The Morgan fingerprint density at radius 1 is 0.565 bits per heavy atom. The highest BCUT2D eigenvalue weighted by Crippen LogP contribution is 2.65. The Kier molecular flexibility index (Phi) is 4.18. The number of hydrogen-bond acceptors (Lipinski definition) is 0. The van der Waals surface area contributed by atoms with Crippen molar-refractivity contribution in [3.63, 3.8) is 0 Å². The molecule has 3 aromatic carbocycles. The summed E-state index contributed by atoms with van der Waals surface area (Å²) in [6, 6.07) is 18.6. The molecule has 0 atom stereocenters. The second-order valence-electron chi connectivity index (χ2n) is 5.29. The lowest BCUT2D eigenvalue weighted by Crippen LogP contribution is -2.03. The first-order chi connectivity index (χ1) is 11.0. The van der Waals surface area contributed by atoms with Gasteiger partial charge in [-0.2, -0.15) is 10.0 Å². The highest BCUT2D eigenvalue weighted by Gasteiger charge is 2.27. The van der Waals surface area contributed by atoms with Gasteiger partial charge in [-0.3, -0.25) is 0 Å². The molecular weight excluding hydrogens is 317 g/mol. The predicted molar refractivity (Wildman–Crippen MR) is 87.5 cm³/mol. The molecule has 0 N–H and O–H groups in total. The van der Waals surface area contributed by atoms with Gasteiger partial charge in [0.1, 0.15) is 17.5 Å². The summed E-state index contributed by atoms with van der Waals surface area (Å²) in [6.45, 7) is 0. The van der Waals surface area contributed by atoms with E-state index >= 15 is 0 Å². The van der Waals surface area contributed by atoms with Gasteiger partial charge < -0.3 is 0 Å². The van der Waals surface area contributed by atoms with Crippen molar-refractivity contribution in [2.24, 2.45) is 0 Å². The maximum Gasteiger partial charge on any atom is 0.124 e. The molecule has 0 aliphatic rings. The molecule has 3 rings (SSSR count). The number of halogens is 3. The zero-order valence-corrected chi connectivity index (χ0v) is 13.3. The largest absolute Gasteiger partial charge is 0.207 e. The standard InChI is InChI=1S/C19H15F3S/c1-23(17-8-2-5-14(20)11-17,18-9-3-6-15(21)12-18)19-10-4-7-16(22)13-19/h2-13H,1H3. The molecule has 0 nitrogen and oxygen atoms in total. The van der Waals surface area contributed by atoms with Gasteiger partial charge in [-0.15, -0.1) is 0 Å². The summed E-state index contributed by atoms with van der Waals surface area (Å²) >= 11 is 0. The van der Waals surface area contributed by atoms with Gasteiger partial charge in [0.05, 0.1) is 0 Å². The Morgan fingerprint density at radius 2 is 0.870 bits per heavy atom. The van der Waals surface area contributed by atoms with E-state index in [1.165, 1.54) is 36.4 Å². The summed E-state index contributed by atoms with van der Waals surface area (Å²) in [7, 11) is -1.96. The highest BCUT2D eigenvalue weighted by atomic mass is 32.3. The maximum absolute atomic E-state index is 13.8. The van der Waals surface area contributed by atoms with Crippen molar-refractivity contribution < 1.29 is 13.2 Å². The van der Waals surface area contributed by atoms with Crippen LogP contribution in [0.3, 0.4) is 0 Å². The zero-order valence-electron chi connectivity index (χ0n) is 12.5. The molecule has 0 saturated heterocycles. The molecule has 4 heteroatoms. The Labute approximate surface area is 134 Å². The molecule has 0 radical (unpaired) electrons. The molecule has 0 aromatic heterocycles. The van der Waals surface area contributed by atoms with Crippen molar-refractivity contribution in [1.82, 2.24) is 0 Å². The van der Waals surface area contributed by atoms with Crippen LogP contribution in [-0.4, -0.2) is 6.26 Å². The summed E-state index contributed by atoms with van der Waals surface area (Å²) in [5.41, 5.74) is 0. The predicted octanol–water partition coefficient (Wildman–Crippen LogP) is 6.02. The molecule has 0 heterocycles. The third-order valence-electron chi connectivity index (χ3n) is 3.80. The normalized spacial score (nSPS) is 12.2. The minimum absolute atomic E-state index is 0.367. The van der Waals surface area contributed by atoms with E-state index in [2.05, 4.69) is 0 Å². The van der Waals surface area contributed by atoms with Gasteiger partial charge >= 0.3 is 0 Å². The van der Waals surface area contributed by atoms with E-state index in [9.17, 15) is 13.2 Å². The minimum Gasteiger partial charge on any atom is -0.207 e. The Balaban J connectivity index is 2.29. The first-order valence-corrected chi connectivity index (χ1v) is 9.09. The maximum atomic E-state index is 13.8. The van der Waals surface area contributed by atoms with E-state index in [4.69, 9.17) is 0 Å². The van der Waals surface area contributed by atoms with Crippen LogP contribution in [-0.2, 0) is 0 Å². The van der Waals surface area contributed by atoms with E-state index in [1.54, 1.807) is 36.4 Å². The van der Waals surface area contributed by atoms with Crippen LogP contribution in [0.4, 0.5) is 13.2 Å². The second kappa shape index (κ2) is 6.13.